The highest BCUT2D eigenvalue weighted by molar-refractivity contribution is 5.82. The van der Waals surface area contributed by atoms with E-state index >= 15 is 0 Å². The first-order chi connectivity index (χ1) is 8.61. The van der Waals surface area contributed by atoms with Crippen molar-refractivity contribution in [2.24, 2.45) is 0 Å². The lowest BCUT2D eigenvalue weighted by Gasteiger charge is -2.31. The molecule has 0 spiro atoms. The molecule has 0 aliphatic carbocycles. The first-order valence-corrected chi connectivity index (χ1v) is 5.95. The third kappa shape index (κ3) is 2.56. The summed E-state index contributed by atoms with van der Waals surface area (Å²) in [5.74, 6) is 0.926. The lowest BCUT2D eigenvalue weighted by atomic mass is 10.1. The van der Waals surface area contributed by atoms with Crippen LogP contribution < -0.4 is 14.8 Å². The van der Waals surface area contributed by atoms with E-state index < -0.39 is 6.10 Å². The van der Waals surface area contributed by atoms with Gasteiger partial charge < -0.3 is 19.9 Å². The molecule has 1 aromatic carbocycles. The number of benzene rings is 1. The second-order valence-corrected chi connectivity index (χ2v) is 4.40. The van der Waals surface area contributed by atoms with Crippen molar-refractivity contribution in [1.82, 2.24) is 5.32 Å². The van der Waals surface area contributed by atoms with Crippen molar-refractivity contribution in [2.45, 2.75) is 32.1 Å². The Hall–Kier alpha value is -1.75. The molecular formula is C13H17NO4. The van der Waals surface area contributed by atoms with Crippen LogP contribution in [-0.2, 0) is 4.79 Å². The highest BCUT2D eigenvalue weighted by Gasteiger charge is 2.34. The van der Waals surface area contributed by atoms with Crippen LogP contribution in [0, 0.1) is 0 Å². The largest absolute Gasteiger partial charge is 0.482 e. The summed E-state index contributed by atoms with van der Waals surface area (Å²) in [6.45, 7) is 3.40. The lowest BCUT2D eigenvalue weighted by Crippen LogP contribution is -2.51. The lowest BCUT2D eigenvalue weighted by molar-refractivity contribution is -0.134. The van der Waals surface area contributed by atoms with Crippen LogP contribution in [0.3, 0.4) is 0 Å². The van der Waals surface area contributed by atoms with E-state index in [1.165, 1.54) is 0 Å². The highest BCUT2D eigenvalue weighted by Crippen LogP contribution is 2.33. The Bertz CT molecular complexity index is 435. The van der Waals surface area contributed by atoms with Gasteiger partial charge in [-0.05, 0) is 26.0 Å². The molecule has 1 amide bonds. The molecule has 2 rings (SSSR count). The Balaban J connectivity index is 2.09. The maximum Gasteiger partial charge on any atom is 0.265 e. The highest BCUT2D eigenvalue weighted by atomic mass is 16.6. The number of nitrogens with one attached hydrogen (secondary N) is 1. The number of fused-ring (bicyclic) bond motifs is 1. The fourth-order valence-corrected chi connectivity index (χ4v) is 1.78. The Morgan fingerprint density at radius 2 is 2.00 bits per heavy atom. The van der Waals surface area contributed by atoms with Crippen LogP contribution in [0.25, 0.3) is 0 Å². The van der Waals surface area contributed by atoms with Gasteiger partial charge in [0.15, 0.2) is 11.5 Å². The third-order valence-corrected chi connectivity index (χ3v) is 2.76. The topological polar surface area (TPSA) is 67.8 Å². The van der Waals surface area contributed by atoms with Crippen molar-refractivity contribution in [3.05, 3.63) is 24.3 Å². The molecule has 1 aliphatic rings. The molecule has 0 saturated heterocycles. The number of amides is 1. The van der Waals surface area contributed by atoms with Crippen LogP contribution >= 0.6 is 0 Å². The summed E-state index contributed by atoms with van der Waals surface area (Å²) in [5.41, 5.74) is 0. The average Bonchev–Trinajstić information content (AvgIpc) is 2.37. The van der Waals surface area contributed by atoms with E-state index in [1.807, 2.05) is 12.1 Å². The number of ether oxygens (including phenoxy) is 2. The van der Waals surface area contributed by atoms with Gasteiger partial charge >= 0.3 is 0 Å². The maximum absolute atomic E-state index is 12.0. The van der Waals surface area contributed by atoms with Crippen molar-refractivity contribution in [2.75, 3.05) is 6.61 Å². The molecule has 1 aliphatic heterocycles. The van der Waals surface area contributed by atoms with E-state index in [2.05, 4.69) is 5.32 Å². The summed E-state index contributed by atoms with van der Waals surface area (Å²) in [4.78, 5) is 12.0. The van der Waals surface area contributed by atoms with Gasteiger partial charge in [0.1, 0.15) is 6.10 Å². The number of hydrogen-bond acceptors (Lipinski definition) is 4. The Kier molecular flexibility index (Phi) is 3.72. The molecule has 0 aromatic heterocycles. The van der Waals surface area contributed by atoms with Gasteiger partial charge in [0.2, 0.25) is 6.10 Å². The maximum atomic E-state index is 12.0. The molecule has 0 fully saturated rings. The van der Waals surface area contributed by atoms with Crippen molar-refractivity contribution in [3.63, 3.8) is 0 Å². The zero-order valence-corrected chi connectivity index (χ0v) is 10.4. The minimum Gasteiger partial charge on any atom is -0.482 e. The monoisotopic (exact) mass is 251 g/mol. The normalized spacial score (nSPS) is 23.3. The molecule has 0 radical (unpaired) electrons. The average molecular weight is 251 g/mol. The molecule has 98 valence electrons. The zero-order chi connectivity index (χ0) is 13.1. The number of aliphatic hydroxyl groups excluding tert-OH is 1. The van der Waals surface area contributed by atoms with Gasteiger partial charge in [0, 0.05) is 6.04 Å². The van der Waals surface area contributed by atoms with Crippen LogP contribution in [0.1, 0.15) is 13.8 Å². The Morgan fingerprint density at radius 1 is 1.39 bits per heavy atom. The predicted octanol–water partition coefficient (Wildman–Crippen LogP) is 0.712. The summed E-state index contributed by atoms with van der Waals surface area (Å²) >= 11 is 0. The van der Waals surface area contributed by atoms with Gasteiger partial charge in [0.05, 0.1) is 6.61 Å². The fourth-order valence-electron chi connectivity index (χ4n) is 1.78. The number of hydrogen-bond donors (Lipinski definition) is 2. The molecule has 2 N–H and O–H groups in total. The van der Waals surface area contributed by atoms with Gasteiger partial charge in [-0.2, -0.15) is 0 Å². The van der Waals surface area contributed by atoms with E-state index in [-0.39, 0.29) is 24.7 Å². The number of para-hydroxylation sites is 2. The smallest absolute Gasteiger partial charge is 0.265 e. The molecule has 1 aromatic rings. The standard InChI is InChI=1S/C13H17NO4/c1-8(7-15)14-13(16)12-9(2)17-10-5-3-4-6-11(10)18-12/h3-6,8-9,12,15H,7H2,1-2H3,(H,14,16)/t8-,9?,12?/m0/s1. The van der Waals surface area contributed by atoms with E-state index in [9.17, 15) is 4.79 Å². The first kappa shape index (κ1) is 12.7. The minimum atomic E-state index is -0.700. The summed E-state index contributed by atoms with van der Waals surface area (Å²) in [5, 5.41) is 11.6. The zero-order valence-electron chi connectivity index (χ0n) is 10.4. The molecule has 18 heavy (non-hydrogen) atoms. The third-order valence-electron chi connectivity index (χ3n) is 2.76. The SMILES string of the molecule is CC1Oc2ccccc2OC1C(=O)N[C@@H](C)CO. The first-order valence-electron chi connectivity index (χ1n) is 5.95. The van der Waals surface area contributed by atoms with Gasteiger partial charge in [-0.1, -0.05) is 12.1 Å². The number of carbonyl (C=O) groups is 1. The van der Waals surface area contributed by atoms with Gasteiger partial charge in [-0.3, -0.25) is 4.79 Å². The van der Waals surface area contributed by atoms with E-state index in [1.54, 1.807) is 26.0 Å². The van der Waals surface area contributed by atoms with Crippen LogP contribution in [0.15, 0.2) is 24.3 Å². The van der Waals surface area contributed by atoms with Gasteiger partial charge in [-0.25, -0.2) is 0 Å². The minimum absolute atomic E-state index is 0.107. The van der Waals surface area contributed by atoms with Gasteiger partial charge in [0.25, 0.3) is 5.91 Å². The molecule has 3 atom stereocenters. The Morgan fingerprint density at radius 3 is 2.61 bits per heavy atom. The summed E-state index contributed by atoms with van der Waals surface area (Å²) < 4.78 is 11.3. The van der Waals surface area contributed by atoms with E-state index in [0.717, 1.165) is 0 Å². The number of carbonyl (C=O) groups excluding carboxylic acids is 1. The van der Waals surface area contributed by atoms with Crippen LogP contribution in [0.5, 0.6) is 11.5 Å². The second-order valence-electron chi connectivity index (χ2n) is 4.40. The summed E-state index contributed by atoms with van der Waals surface area (Å²) in [6.07, 6.45) is -1.07. The van der Waals surface area contributed by atoms with Crippen LogP contribution in [0.2, 0.25) is 0 Å². The molecule has 1 heterocycles. The van der Waals surface area contributed by atoms with Crippen molar-refractivity contribution < 1.29 is 19.4 Å². The summed E-state index contributed by atoms with van der Waals surface area (Å²) in [6, 6.07) is 6.94. The van der Waals surface area contributed by atoms with Crippen LogP contribution in [0.4, 0.5) is 0 Å². The molecular weight excluding hydrogens is 234 g/mol. The quantitative estimate of drug-likeness (QED) is 0.830. The van der Waals surface area contributed by atoms with Gasteiger partial charge in [-0.15, -0.1) is 0 Å². The number of rotatable bonds is 3. The van der Waals surface area contributed by atoms with Crippen molar-refractivity contribution in [3.8, 4) is 11.5 Å². The molecule has 5 heteroatoms. The van der Waals surface area contributed by atoms with E-state index in [0.29, 0.717) is 11.5 Å². The molecule has 0 bridgehead atoms. The summed E-state index contributed by atoms with van der Waals surface area (Å²) in [7, 11) is 0. The number of aliphatic hydroxyl groups is 1. The predicted molar refractivity (Wildman–Crippen MR) is 65.6 cm³/mol. The molecule has 5 nitrogen and oxygen atoms in total. The van der Waals surface area contributed by atoms with Crippen molar-refractivity contribution >= 4 is 5.91 Å². The molecule has 0 saturated carbocycles. The van der Waals surface area contributed by atoms with Crippen LogP contribution in [-0.4, -0.2) is 35.9 Å². The van der Waals surface area contributed by atoms with E-state index in [4.69, 9.17) is 14.6 Å². The second kappa shape index (κ2) is 5.27. The molecule has 2 unspecified atom stereocenters. The Labute approximate surface area is 106 Å². The fraction of sp³-hybridized carbons (Fsp3) is 0.462. The van der Waals surface area contributed by atoms with Crippen molar-refractivity contribution in [1.29, 1.82) is 0 Å².